The molecule has 1 saturated carbocycles. The largest absolute Gasteiger partial charge is 0.494 e. The Labute approximate surface area is 241 Å². The second kappa shape index (κ2) is 11.8. The van der Waals surface area contributed by atoms with Crippen LogP contribution in [0.4, 0.5) is 4.39 Å². The molecule has 2 aliphatic carbocycles. The average Bonchev–Trinajstić information content (AvgIpc) is 3.61. The highest BCUT2D eigenvalue weighted by atomic mass is 32.2. The SMILES string of the molecule is CCOC(=O)C1CC1c1ccc(O[C@@H]2CCc3c(-c4c(C)cc(OCCCS(C)(=O)=O)cc4C)ccc(F)c32)cc1. The molecule has 0 amide bonds. The highest BCUT2D eigenvalue weighted by molar-refractivity contribution is 7.90. The molecule has 8 heteroatoms. The van der Waals surface area contributed by atoms with Crippen molar-refractivity contribution in [1.29, 1.82) is 0 Å². The summed E-state index contributed by atoms with van der Waals surface area (Å²) < 4.78 is 55.3. The van der Waals surface area contributed by atoms with Gasteiger partial charge in [0.2, 0.25) is 0 Å². The molecule has 0 bridgehead atoms. The molecule has 0 radical (unpaired) electrons. The molecule has 6 nitrogen and oxygen atoms in total. The highest BCUT2D eigenvalue weighted by Gasteiger charge is 2.45. The first-order chi connectivity index (χ1) is 19.6. The summed E-state index contributed by atoms with van der Waals surface area (Å²) in [7, 11) is -3.02. The van der Waals surface area contributed by atoms with Gasteiger partial charge in [-0.3, -0.25) is 4.79 Å². The highest BCUT2D eigenvalue weighted by Crippen LogP contribution is 2.49. The maximum absolute atomic E-state index is 15.2. The van der Waals surface area contributed by atoms with Crippen LogP contribution in [-0.2, 0) is 25.8 Å². The number of carbonyl (C=O) groups is 1. The van der Waals surface area contributed by atoms with Crippen LogP contribution in [0.5, 0.6) is 11.5 Å². The Morgan fingerprint density at radius 3 is 2.39 bits per heavy atom. The normalized spacial score (nSPS) is 19.5. The monoisotopic (exact) mass is 580 g/mol. The van der Waals surface area contributed by atoms with E-state index in [9.17, 15) is 13.2 Å². The van der Waals surface area contributed by atoms with Gasteiger partial charge in [0.15, 0.2) is 0 Å². The Kier molecular flexibility index (Phi) is 8.41. The van der Waals surface area contributed by atoms with E-state index in [4.69, 9.17) is 14.2 Å². The van der Waals surface area contributed by atoms with Crippen LogP contribution in [0, 0.1) is 25.6 Å². The van der Waals surface area contributed by atoms with Gasteiger partial charge in [-0.2, -0.15) is 0 Å². The molecule has 0 heterocycles. The zero-order valence-corrected chi connectivity index (χ0v) is 24.9. The minimum absolute atomic E-state index is 0.0663. The Bertz CT molecular complexity index is 1520. The Morgan fingerprint density at radius 2 is 1.73 bits per heavy atom. The van der Waals surface area contributed by atoms with Gasteiger partial charge in [0.05, 0.1) is 24.9 Å². The van der Waals surface area contributed by atoms with Gasteiger partial charge >= 0.3 is 5.97 Å². The number of halogens is 1. The number of esters is 1. The molecule has 5 rings (SSSR count). The third-order valence-electron chi connectivity index (χ3n) is 7.95. The van der Waals surface area contributed by atoms with E-state index in [1.165, 1.54) is 12.3 Å². The van der Waals surface area contributed by atoms with Gasteiger partial charge < -0.3 is 14.2 Å². The molecular formula is C33H37FO6S. The number of rotatable bonds is 11. The van der Waals surface area contributed by atoms with E-state index in [0.717, 1.165) is 39.8 Å². The van der Waals surface area contributed by atoms with Crippen molar-refractivity contribution in [2.45, 2.75) is 58.5 Å². The quantitative estimate of drug-likeness (QED) is 0.187. The molecule has 3 atom stereocenters. The number of hydrogen-bond donors (Lipinski definition) is 0. The molecule has 0 spiro atoms. The summed E-state index contributed by atoms with van der Waals surface area (Å²) in [6, 6.07) is 15.1. The first-order valence-electron chi connectivity index (χ1n) is 14.2. The lowest BCUT2D eigenvalue weighted by atomic mass is 9.90. The van der Waals surface area contributed by atoms with E-state index >= 15 is 4.39 Å². The lowest BCUT2D eigenvalue weighted by Gasteiger charge is -2.19. The maximum Gasteiger partial charge on any atom is 0.309 e. The second-order valence-electron chi connectivity index (χ2n) is 11.2. The van der Waals surface area contributed by atoms with Gasteiger partial charge in [-0.15, -0.1) is 0 Å². The lowest BCUT2D eigenvalue weighted by Crippen LogP contribution is -2.08. The number of sulfone groups is 1. The van der Waals surface area contributed by atoms with Crippen LogP contribution in [0.25, 0.3) is 11.1 Å². The molecule has 2 unspecified atom stereocenters. The molecule has 0 N–H and O–H groups in total. The minimum atomic E-state index is -3.02. The maximum atomic E-state index is 15.2. The fraction of sp³-hybridized carbons (Fsp3) is 0.424. The first kappa shape index (κ1) is 29.1. The molecule has 41 heavy (non-hydrogen) atoms. The summed E-state index contributed by atoms with van der Waals surface area (Å²) in [6.45, 7) is 6.56. The third-order valence-corrected chi connectivity index (χ3v) is 8.98. The number of carbonyl (C=O) groups excluding carboxylic acids is 1. The fourth-order valence-corrected chi connectivity index (χ4v) is 6.64. The van der Waals surface area contributed by atoms with Crippen LogP contribution in [0.15, 0.2) is 48.5 Å². The zero-order valence-electron chi connectivity index (χ0n) is 24.0. The molecule has 0 aliphatic heterocycles. The number of ether oxygens (including phenoxy) is 3. The van der Waals surface area contributed by atoms with Gasteiger partial charge in [-0.05, 0) is 116 Å². The summed E-state index contributed by atoms with van der Waals surface area (Å²) in [5, 5.41) is 0. The molecular weight excluding hydrogens is 543 g/mol. The van der Waals surface area contributed by atoms with Crippen molar-refractivity contribution in [2.75, 3.05) is 25.2 Å². The predicted molar refractivity (Wildman–Crippen MR) is 157 cm³/mol. The van der Waals surface area contributed by atoms with Crippen molar-refractivity contribution >= 4 is 15.8 Å². The molecule has 218 valence electrons. The summed E-state index contributed by atoms with van der Waals surface area (Å²) >= 11 is 0. The van der Waals surface area contributed by atoms with Crippen molar-refractivity contribution in [3.63, 3.8) is 0 Å². The molecule has 1 fully saturated rings. The van der Waals surface area contributed by atoms with E-state index in [2.05, 4.69) is 0 Å². The van der Waals surface area contributed by atoms with Crippen LogP contribution >= 0.6 is 0 Å². The number of fused-ring (bicyclic) bond motifs is 1. The van der Waals surface area contributed by atoms with Gasteiger partial charge in [0.1, 0.15) is 33.3 Å². The molecule has 3 aromatic rings. The van der Waals surface area contributed by atoms with Crippen molar-refractivity contribution in [2.24, 2.45) is 5.92 Å². The van der Waals surface area contributed by atoms with E-state index in [-0.39, 0.29) is 35.5 Å². The summed E-state index contributed by atoms with van der Waals surface area (Å²) in [5.41, 5.74) is 6.74. The number of benzene rings is 3. The smallest absolute Gasteiger partial charge is 0.309 e. The Hall–Kier alpha value is -3.39. The van der Waals surface area contributed by atoms with Gasteiger partial charge in [0, 0.05) is 11.8 Å². The van der Waals surface area contributed by atoms with E-state index in [1.807, 2.05) is 63.2 Å². The van der Waals surface area contributed by atoms with Gasteiger partial charge in [0.25, 0.3) is 0 Å². The second-order valence-corrected chi connectivity index (χ2v) is 13.4. The van der Waals surface area contributed by atoms with Gasteiger partial charge in [-0.1, -0.05) is 18.2 Å². The fourth-order valence-electron chi connectivity index (χ4n) is 6.00. The van der Waals surface area contributed by atoms with Crippen molar-refractivity contribution in [1.82, 2.24) is 0 Å². The first-order valence-corrected chi connectivity index (χ1v) is 16.3. The Morgan fingerprint density at radius 1 is 1.02 bits per heavy atom. The van der Waals surface area contributed by atoms with E-state index in [0.29, 0.717) is 49.5 Å². The summed E-state index contributed by atoms with van der Waals surface area (Å²) in [6.07, 6.45) is 3.46. The van der Waals surface area contributed by atoms with Crippen molar-refractivity contribution < 1.29 is 31.8 Å². The zero-order chi connectivity index (χ0) is 29.3. The van der Waals surface area contributed by atoms with Crippen LogP contribution < -0.4 is 9.47 Å². The molecule has 3 aromatic carbocycles. The number of aryl methyl sites for hydroxylation is 2. The molecule has 2 aliphatic rings. The molecule has 0 saturated heterocycles. The van der Waals surface area contributed by atoms with Crippen LogP contribution in [0.1, 0.15) is 66.0 Å². The van der Waals surface area contributed by atoms with Crippen LogP contribution in [0.2, 0.25) is 0 Å². The predicted octanol–water partition coefficient (Wildman–Crippen LogP) is 6.66. The van der Waals surface area contributed by atoms with Gasteiger partial charge in [-0.25, -0.2) is 12.8 Å². The topological polar surface area (TPSA) is 78.9 Å². The average molecular weight is 581 g/mol. The lowest BCUT2D eigenvalue weighted by molar-refractivity contribution is -0.144. The summed E-state index contributed by atoms with van der Waals surface area (Å²) in [4.78, 5) is 12.0. The minimum Gasteiger partial charge on any atom is -0.494 e. The van der Waals surface area contributed by atoms with Crippen molar-refractivity contribution in [3.8, 4) is 22.6 Å². The number of hydrogen-bond acceptors (Lipinski definition) is 6. The van der Waals surface area contributed by atoms with Crippen LogP contribution in [0.3, 0.4) is 0 Å². The van der Waals surface area contributed by atoms with Crippen molar-refractivity contribution in [3.05, 3.63) is 82.2 Å². The van der Waals surface area contributed by atoms with Crippen LogP contribution in [-0.4, -0.2) is 39.6 Å². The molecule has 0 aromatic heterocycles. The Balaban J connectivity index is 1.31. The van der Waals surface area contributed by atoms with E-state index < -0.39 is 9.84 Å². The third kappa shape index (κ3) is 6.58. The summed E-state index contributed by atoms with van der Waals surface area (Å²) in [5.74, 6) is 1.18. The standard InChI is InChI=1S/C33H37FO6S/c1-5-38-33(35)28-19-27(28)22-7-9-23(10-8-22)40-30-14-12-26-25(11-13-29(34)32(26)30)31-20(2)17-24(18-21(31)3)39-15-6-16-41(4,36)37/h7-11,13,17-18,27-28,30H,5-6,12,14-16,19H2,1-4H3/t27?,28?,30-/m1/s1. The van der Waals surface area contributed by atoms with E-state index in [1.54, 1.807) is 0 Å².